The number of nitrogens with zero attached hydrogens (tertiary/aromatic N) is 3. The smallest absolute Gasteiger partial charge is 0.409 e. The highest BCUT2D eigenvalue weighted by atomic mass is 16.6. The van der Waals surface area contributed by atoms with Crippen molar-refractivity contribution in [1.82, 2.24) is 20.4 Å². The van der Waals surface area contributed by atoms with E-state index in [9.17, 15) is 9.59 Å². The summed E-state index contributed by atoms with van der Waals surface area (Å²) in [7, 11) is 3.48. The van der Waals surface area contributed by atoms with E-state index in [1.165, 1.54) is 12.8 Å². The molecule has 0 aromatic rings. The van der Waals surface area contributed by atoms with Crippen LogP contribution in [0, 0.1) is 5.92 Å². The molecule has 8 nitrogen and oxygen atoms in total. The second-order valence-electron chi connectivity index (χ2n) is 8.17. The zero-order valence-corrected chi connectivity index (χ0v) is 17.9. The van der Waals surface area contributed by atoms with Gasteiger partial charge in [-0.05, 0) is 38.5 Å². The van der Waals surface area contributed by atoms with Crippen molar-refractivity contribution in [3.05, 3.63) is 0 Å². The lowest BCUT2D eigenvalue weighted by molar-refractivity contribution is -0.127. The van der Waals surface area contributed by atoms with Gasteiger partial charge in [-0.25, -0.2) is 9.79 Å². The molecule has 0 aromatic heterocycles. The van der Waals surface area contributed by atoms with Crippen molar-refractivity contribution < 1.29 is 14.3 Å². The predicted octanol–water partition coefficient (Wildman–Crippen LogP) is 1.81. The molecular weight excluding hydrogens is 358 g/mol. The molecule has 1 heterocycles. The van der Waals surface area contributed by atoms with Crippen LogP contribution >= 0.6 is 0 Å². The highest BCUT2D eigenvalue weighted by Crippen LogP contribution is 2.23. The molecule has 2 unspecified atom stereocenters. The summed E-state index contributed by atoms with van der Waals surface area (Å²) in [6, 6.07) is 0.622. The second kappa shape index (κ2) is 11.1. The van der Waals surface area contributed by atoms with Gasteiger partial charge in [0, 0.05) is 39.3 Å². The molecule has 160 valence electrons. The Balaban J connectivity index is 1.92. The predicted molar refractivity (Wildman–Crippen MR) is 110 cm³/mol. The average Bonchev–Trinajstić information content (AvgIpc) is 2.66. The summed E-state index contributed by atoms with van der Waals surface area (Å²) < 4.78 is 5.08. The van der Waals surface area contributed by atoms with Gasteiger partial charge in [0.1, 0.15) is 6.54 Å². The molecule has 28 heavy (non-hydrogen) atoms. The maximum absolute atomic E-state index is 12.0. The van der Waals surface area contributed by atoms with Gasteiger partial charge in [-0.3, -0.25) is 4.79 Å². The van der Waals surface area contributed by atoms with E-state index in [4.69, 9.17) is 4.74 Å². The Hall–Kier alpha value is -1.99. The lowest BCUT2D eigenvalue weighted by Crippen LogP contribution is -2.52. The van der Waals surface area contributed by atoms with Crippen molar-refractivity contribution in [3.8, 4) is 0 Å². The van der Waals surface area contributed by atoms with Gasteiger partial charge >= 0.3 is 6.09 Å². The summed E-state index contributed by atoms with van der Waals surface area (Å²) in [4.78, 5) is 31.7. The van der Waals surface area contributed by atoms with Gasteiger partial charge < -0.3 is 25.2 Å². The van der Waals surface area contributed by atoms with Gasteiger partial charge in [0.15, 0.2) is 5.96 Å². The molecule has 1 saturated heterocycles. The maximum Gasteiger partial charge on any atom is 0.409 e. The first kappa shape index (κ1) is 22.3. The van der Waals surface area contributed by atoms with Crippen LogP contribution in [-0.2, 0) is 9.53 Å². The molecule has 0 bridgehead atoms. The quantitative estimate of drug-likeness (QED) is 0.548. The van der Waals surface area contributed by atoms with Gasteiger partial charge in [0.2, 0.25) is 5.91 Å². The molecule has 2 aliphatic rings. The van der Waals surface area contributed by atoms with Crippen LogP contribution in [0.4, 0.5) is 4.79 Å². The summed E-state index contributed by atoms with van der Waals surface area (Å²) in [6.45, 7) is 5.98. The van der Waals surface area contributed by atoms with Crippen molar-refractivity contribution in [2.24, 2.45) is 10.9 Å². The van der Waals surface area contributed by atoms with Gasteiger partial charge in [-0.15, -0.1) is 0 Å². The molecule has 0 radical (unpaired) electrons. The molecule has 0 aromatic carbocycles. The van der Waals surface area contributed by atoms with E-state index in [2.05, 4.69) is 22.5 Å². The Morgan fingerprint density at radius 3 is 2.39 bits per heavy atom. The molecule has 2 fully saturated rings. The molecule has 2 rings (SSSR count). The molecule has 2 atom stereocenters. The first-order chi connectivity index (χ1) is 13.4. The standard InChI is InChI=1S/C20H37N5O3/c1-5-28-20(27)25-11-9-16(10-12-25)22-19(21-14-18(26)24(3)4)23-17-8-6-7-15(2)13-17/h15-17H,5-14H2,1-4H3,(H2,21,22,23). The number of nitrogens with one attached hydrogen (secondary N) is 2. The van der Waals surface area contributed by atoms with Crippen LogP contribution in [0.1, 0.15) is 52.4 Å². The highest BCUT2D eigenvalue weighted by molar-refractivity contribution is 5.85. The first-order valence-electron chi connectivity index (χ1n) is 10.6. The minimum Gasteiger partial charge on any atom is -0.450 e. The van der Waals surface area contributed by atoms with E-state index in [1.807, 2.05) is 6.92 Å². The Labute approximate surface area is 169 Å². The third kappa shape index (κ3) is 7.20. The minimum absolute atomic E-state index is 0.0183. The fourth-order valence-corrected chi connectivity index (χ4v) is 3.79. The van der Waals surface area contributed by atoms with Crippen LogP contribution < -0.4 is 10.6 Å². The third-order valence-electron chi connectivity index (χ3n) is 5.51. The number of rotatable bonds is 5. The van der Waals surface area contributed by atoms with Crippen LogP contribution in [0.25, 0.3) is 0 Å². The zero-order valence-electron chi connectivity index (χ0n) is 17.9. The number of guanidine groups is 1. The van der Waals surface area contributed by atoms with Crippen molar-refractivity contribution in [3.63, 3.8) is 0 Å². The fraction of sp³-hybridized carbons (Fsp3) is 0.850. The van der Waals surface area contributed by atoms with Crippen LogP contribution in [0.15, 0.2) is 4.99 Å². The number of amides is 2. The summed E-state index contributed by atoms with van der Waals surface area (Å²) in [6.07, 6.45) is 6.20. The van der Waals surface area contributed by atoms with Crippen molar-refractivity contribution in [1.29, 1.82) is 0 Å². The number of ether oxygens (including phenoxy) is 1. The third-order valence-corrected chi connectivity index (χ3v) is 5.51. The second-order valence-corrected chi connectivity index (χ2v) is 8.17. The Kier molecular flexibility index (Phi) is 8.86. The Morgan fingerprint density at radius 1 is 1.11 bits per heavy atom. The van der Waals surface area contributed by atoms with Crippen LogP contribution in [0.3, 0.4) is 0 Å². The number of likely N-dealkylation sites (N-methyl/N-ethyl adjacent to an activating group) is 1. The lowest BCUT2D eigenvalue weighted by atomic mass is 9.87. The van der Waals surface area contributed by atoms with Crippen molar-refractivity contribution >= 4 is 18.0 Å². The topological polar surface area (TPSA) is 86.3 Å². The van der Waals surface area contributed by atoms with Gasteiger partial charge in [-0.1, -0.05) is 19.8 Å². The zero-order chi connectivity index (χ0) is 20.5. The number of carbonyl (C=O) groups excluding carboxylic acids is 2. The Bertz CT molecular complexity index is 544. The van der Waals surface area contributed by atoms with Gasteiger partial charge in [0.25, 0.3) is 0 Å². The SMILES string of the molecule is CCOC(=O)N1CCC(NC(=NCC(=O)N(C)C)NC2CCCC(C)C2)CC1. The van der Waals surface area contributed by atoms with E-state index in [0.717, 1.165) is 25.7 Å². The average molecular weight is 396 g/mol. The number of aliphatic imine (C=N–C) groups is 1. The molecule has 2 N–H and O–H groups in total. The summed E-state index contributed by atoms with van der Waals surface area (Å²) in [5.74, 6) is 1.41. The highest BCUT2D eigenvalue weighted by Gasteiger charge is 2.25. The number of carbonyl (C=O) groups is 2. The maximum atomic E-state index is 12.0. The first-order valence-corrected chi connectivity index (χ1v) is 10.6. The van der Waals surface area contributed by atoms with E-state index in [-0.39, 0.29) is 24.6 Å². The van der Waals surface area contributed by atoms with Crippen molar-refractivity contribution in [2.45, 2.75) is 64.5 Å². The van der Waals surface area contributed by atoms with Crippen LogP contribution in [-0.4, -0.2) is 80.2 Å². The molecule has 0 spiro atoms. The molecule has 2 amide bonds. The normalized spacial score (nSPS) is 23.9. The molecular formula is C20H37N5O3. The lowest BCUT2D eigenvalue weighted by Gasteiger charge is -2.34. The number of piperidine rings is 1. The largest absolute Gasteiger partial charge is 0.450 e. The summed E-state index contributed by atoms with van der Waals surface area (Å²) >= 11 is 0. The van der Waals surface area contributed by atoms with Gasteiger partial charge in [-0.2, -0.15) is 0 Å². The Morgan fingerprint density at radius 2 is 1.79 bits per heavy atom. The number of likely N-dealkylation sites (tertiary alicyclic amines) is 1. The summed E-state index contributed by atoms with van der Waals surface area (Å²) in [5.41, 5.74) is 0. The van der Waals surface area contributed by atoms with E-state index >= 15 is 0 Å². The van der Waals surface area contributed by atoms with Crippen LogP contribution in [0.5, 0.6) is 0 Å². The minimum atomic E-state index is -0.235. The fourth-order valence-electron chi connectivity index (χ4n) is 3.79. The summed E-state index contributed by atoms with van der Waals surface area (Å²) in [5, 5.41) is 7.04. The molecule has 1 saturated carbocycles. The number of hydrogen-bond donors (Lipinski definition) is 2. The van der Waals surface area contributed by atoms with E-state index < -0.39 is 0 Å². The molecule has 1 aliphatic heterocycles. The van der Waals surface area contributed by atoms with E-state index in [1.54, 1.807) is 23.9 Å². The van der Waals surface area contributed by atoms with Crippen LogP contribution in [0.2, 0.25) is 0 Å². The monoisotopic (exact) mass is 395 g/mol. The number of hydrogen-bond acceptors (Lipinski definition) is 4. The molecule has 8 heteroatoms. The van der Waals surface area contributed by atoms with E-state index in [0.29, 0.717) is 37.6 Å². The molecule has 1 aliphatic carbocycles. The van der Waals surface area contributed by atoms with Gasteiger partial charge in [0.05, 0.1) is 6.61 Å². The van der Waals surface area contributed by atoms with Crippen molar-refractivity contribution in [2.75, 3.05) is 40.3 Å².